The second-order valence-electron chi connectivity index (χ2n) is 16.0. The molecule has 0 aromatic rings. The molecule has 0 fully saturated rings. The zero-order valence-electron chi connectivity index (χ0n) is 40.1. The second-order valence-corrected chi connectivity index (χ2v) is 16.0. The average molecular weight is 882 g/mol. The Morgan fingerprint density at radius 1 is 0.484 bits per heavy atom. The quantitative estimate of drug-likeness (QED) is 0.0199. The number of rotatable bonds is 39. The number of carbonyl (C=O) groups excluding carboxylic acids is 3. The summed E-state index contributed by atoms with van der Waals surface area (Å²) in [6, 6.07) is -0.755. The van der Waals surface area contributed by atoms with Crippen LogP contribution >= 0.6 is 0 Å². The van der Waals surface area contributed by atoms with Crippen LogP contribution in [0, 0.1) is 0 Å². The van der Waals surface area contributed by atoms with E-state index in [1.807, 2.05) is 60.8 Å². The molecular weight excluding hydrogens is 799 g/mol. The van der Waals surface area contributed by atoms with Gasteiger partial charge in [0, 0.05) is 19.3 Å². The molecule has 8 nitrogen and oxygen atoms in total. The molecule has 0 amide bonds. The van der Waals surface area contributed by atoms with E-state index < -0.39 is 18.1 Å². The van der Waals surface area contributed by atoms with E-state index in [0.29, 0.717) is 12.8 Å². The van der Waals surface area contributed by atoms with Crippen molar-refractivity contribution in [1.82, 2.24) is 0 Å². The summed E-state index contributed by atoms with van der Waals surface area (Å²) in [6.45, 7) is 4.25. The Balaban J connectivity index is 4.53. The molecule has 0 aliphatic carbocycles. The largest absolute Gasteiger partial charge is 0.544 e. The highest BCUT2D eigenvalue weighted by molar-refractivity contribution is 5.70. The minimum absolute atomic E-state index is 0.00918. The summed E-state index contributed by atoms with van der Waals surface area (Å²) in [6.07, 6.45) is 67.1. The lowest BCUT2D eigenvalue weighted by Crippen LogP contribution is -2.55. The van der Waals surface area contributed by atoms with Crippen molar-refractivity contribution in [3.05, 3.63) is 158 Å². The van der Waals surface area contributed by atoms with Crippen molar-refractivity contribution in [2.24, 2.45) is 0 Å². The van der Waals surface area contributed by atoms with Gasteiger partial charge < -0.3 is 28.6 Å². The zero-order valence-corrected chi connectivity index (χ0v) is 40.1. The summed E-state index contributed by atoms with van der Waals surface area (Å²) in [7, 11) is 5.35. The third-order valence-electron chi connectivity index (χ3n) is 9.32. The Hall–Kier alpha value is -5.05. The Bertz CT molecular complexity index is 1590. The van der Waals surface area contributed by atoms with Crippen LogP contribution in [-0.4, -0.2) is 75.5 Å². The monoisotopic (exact) mass is 882 g/mol. The first-order valence-electron chi connectivity index (χ1n) is 23.6. The standard InChI is InChI=1S/C56H83NO7/c1-6-8-10-12-14-16-18-20-22-24-25-26-27-28-29-31-32-34-36-38-40-42-44-46-54(58)63-51-52(50-62-49-48-53(56(60)61)57(3,4)5)64-55(59)47-45-43-41-39-37-35-33-30-23-21-19-17-15-13-11-9-7-2/h8-11,13-17,19-23,25-26,28-30,32-35,37-38,40,52-53H,6-7,12,18,24,27,31,36,39,41-51H2,1-5H3/b10-8+,11-9+,15-13+,16-14+,19-17+,22-20+,23-21+,26-25+,29-28+,33-30+,34-32+,37-35+,40-38+. The summed E-state index contributed by atoms with van der Waals surface area (Å²) < 4.78 is 17.1. The summed E-state index contributed by atoms with van der Waals surface area (Å²) in [4.78, 5) is 36.9. The van der Waals surface area contributed by atoms with Gasteiger partial charge in [0.1, 0.15) is 12.6 Å². The number of hydrogen-bond donors (Lipinski definition) is 0. The topological polar surface area (TPSA) is 102 Å². The first-order chi connectivity index (χ1) is 31.1. The van der Waals surface area contributed by atoms with Crippen LogP contribution in [0.4, 0.5) is 0 Å². The predicted octanol–water partition coefficient (Wildman–Crippen LogP) is 12.2. The summed E-state index contributed by atoms with van der Waals surface area (Å²) in [5.41, 5.74) is 0. The minimum atomic E-state index is -1.15. The number of aliphatic carboxylic acids is 1. The minimum Gasteiger partial charge on any atom is -0.544 e. The lowest BCUT2D eigenvalue weighted by molar-refractivity contribution is -0.889. The lowest BCUT2D eigenvalue weighted by Gasteiger charge is -2.34. The van der Waals surface area contributed by atoms with Gasteiger partial charge in [-0.05, 0) is 83.5 Å². The van der Waals surface area contributed by atoms with Gasteiger partial charge in [-0.15, -0.1) is 0 Å². The fourth-order valence-corrected chi connectivity index (χ4v) is 5.74. The van der Waals surface area contributed by atoms with Crippen LogP contribution < -0.4 is 5.11 Å². The third-order valence-corrected chi connectivity index (χ3v) is 9.32. The number of quaternary nitrogens is 1. The van der Waals surface area contributed by atoms with E-state index in [1.165, 1.54) is 0 Å². The van der Waals surface area contributed by atoms with E-state index in [0.717, 1.165) is 77.0 Å². The molecule has 0 aromatic heterocycles. The third kappa shape index (κ3) is 42.3. The maximum atomic E-state index is 12.7. The van der Waals surface area contributed by atoms with E-state index in [9.17, 15) is 19.5 Å². The van der Waals surface area contributed by atoms with E-state index in [2.05, 4.69) is 111 Å². The highest BCUT2D eigenvalue weighted by Crippen LogP contribution is 2.11. The molecule has 8 heteroatoms. The fraction of sp³-hybridized carbons (Fsp3) is 0.482. The molecule has 0 aliphatic rings. The van der Waals surface area contributed by atoms with Gasteiger partial charge in [-0.25, -0.2) is 0 Å². The SMILES string of the molecule is CC/C=C/C=C/C=C/C=C/C=C/C=C/CCCCCC(=O)OC(COCCC(C(=O)[O-])[N+](C)(C)C)COC(=O)CCC/C=C/C/C=C/C/C=C/C/C=C/C/C=C/C/C=C/C/C=C/CC. The molecule has 0 rings (SSSR count). The smallest absolute Gasteiger partial charge is 0.306 e. The molecule has 0 spiro atoms. The van der Waals surface area contributed by atoms with Gasteiger partial charge in [0.25, 0.3) is 0 Å². The van der Waals surface area contributed by atoms with Gasteiger partial charge in [-0.1, -0.05) is 178 Å². The first kappa shape index (κ1) is 58.9. The lowest BCUT2D eigenvalue weighted by atomic mass is 10.1. The highest BCUT2D eigenvalue weighted by Gasteiger charge is 2.25. The Labute approximate surface area is 388 Å². The van der Waals surface area contributed by atoms with E-state index in [4.69, 9.17) is 14.2 Å². The summed E-state index contributed by atoms with van der Waals surface area (Å²) >= 11 is 0. The Morgan fingerprint density at radius 3 is 1.41 bits per heavy atom. The molecule has 0 saturated carbocycles. The Morgan fingerprint density at radius 2 is 0.922 bits per heavy atom. The second kappa shape index (κ2) is 44.6. The van der Waals surface area contributed by atoms with Crippen LogP contribution in [-0.2, 0) is 28.6 Å². The van der Waals surface area contributed by atoms with Crippen LogP contribution in [0.15, 0.2) is 158 Å². The van der Waals surface area contributed by atoms with E-state index in [1.54, 1.807) is 21.1 Å². The number of esters is 2. The van der Waals surface area contributed by atoms with Crippen molar-refractivity contribution in [3.63, 3.8) is 0 Å². The van der Waals surface area contributed by atoms with Crippen LogP contribution in [0.3, 0.4) is 0 Å². The van der Waals surface area contributed by atoms with Gasteiger partial charge >= 0.3 is 11.9 Å². The normalized spacial score (nSPS) is 14.3. The van der Waals surface area contributed by atoms with Gasteiger partial charge in [0.15, 0.2) is 6.10 Å². The first-order valence-corrected chi connectivity index (χ1v) is 23.6. The molecule has 354 valence electrons. The molecule has 0 bridgehead atoms. The zero-order chi connectivity index (χ0) is 47.0. The van der Waals surface area contributed by atoms with Crippen molar-refractivity contribution in [2.75, 3.05) is 41.0 Å². The van der Waals surface area contributed by atoms with Crippen LogP contribution in [0.5, 0.6) is 0 Å². The van der Waals surface area contributed by atoms with Crippen molar-refractivity contribution < 1.29 is 38.2 Å². The molecule has 0 aromatic carbocycles. The van der Waals surface area contributed by atoms with Gasteiger partial charge in [-0.2, -0.15) is 0 Å². The molecule has 0 N–H and O–H groups in total. The molecule has 2 atom stereocenters. The van der Waals surface area contributed by atoms with Crippen LogP contribution in [0.1, 0.15) is 123 Å². The van der Waals surface area contributed by atoms with Gasteiger partial charge in [-0.3, -0.25) is 9.59 Å². The van der Waals surface area contributed by atoms with Crippen LogP contribution in [0.25, 0.3) is 0 Å². The number of hydrogen-bond acceptors (Lipinski definition) is 7. The maximum absolute atomic E-state index is 12.7. The van der Waals surface area contributed by atoms with Crippen molar-refractivity contribution in [2.45, 2.75) is 135 Å². The number of carboxylic acids is 1. The van der Waals surface area contributed by atoms with Crippen molar-refractivity contribution in [3.8, 4) is 0 Å². The molecule has 0 radical (unpaired) electrons. The van der Waals surface area contributed by atoms with E-state index >= 15 is 0 Å². The molecule has 0 aliphatic heterocycles. The van der Waals surface area contributed by atoms with Crippen molar-refractivity contribution >= 4 is 17.9 Å². The molecule has 0 saturated heterocycles. The number of unbranched alkanes of at least 4 members (excludes halogenated alkanes) is 4. The highest BCUT2D eigenvalue weighted by atomic mass is 16.6. The molecule has 2 unspecified atom stereocenters. The molecular formula is C56H83NO7. The molecule has 0 heterocycles. The van der Waals surface area contributed by atoms with Gasteiger partial charge in [0.05, 0.1) is 40.3 Å². The van der Waals surface area contributed by atoms with Crippen LogP contribution in [0.2, 0.25) is 0 Å². The predicted molar refractivity (Wildman–Crippen MR) is 267 cm³/mol. The number of carbonyl (C=O) groups is 3. The number of carboxylic acid groups (broad SMARTS) is 1. The molecule has 64 heavy (non-hydrogen) atoms. The number of allylic oxidation sites excluding steroid dienone is 26. The van der Waals surface area contributed by atoms with Gasteiger partial charge in [0.2, 0.25) is 0 Å². The summed E-state index contributed by atoms with van der Waals surface area (Å²) in [5.74, 6) is -1.90. The number of nitrogens with zero attached hydrogens (tertiary/aromatic N) is 1. The van der Waals surface area contributed by atoms with Crippen molar-refractivity contribution in [1.29, 1.82) is 0 Å². The average Bonchev–Trinajstić information content (AvgIpc) is 3.26. The van der Waals surface area contributed by atoms with E-state index in [-0.39, 0.29) is 55.5 Å². The maximum Gasteiger partial charge on any atom is 0.306 e. The number of likely N-dealkylation sites (N-methyl/N-ethyl adjacent to an activating group) is 1. The Kier molecular flexibility index (Phi) is 41.0. The fourth-order valence-electron chi connectivity index (χ4n) is 5.74. The summed E-state index contributed by atoms with van der Waals surface area (Å²) in [5, 5.41) is 11.6. The number of ether oxygens (including phenoxy) is 3.